The molecule has 3 rings (SSSR count). The Morgan fingerprint density at radius 1 is 1.00 bits per heavy atom. The number of rotatable bonds is 7. The molecule has 0 unspecified atom stereocenters. The molecule has 2 amide bonds. The van der Waals surface area contributed by atoms with Crippen molar-refractivity contribution >= 4 is 6.03 Å². The number of nitrogens with zero attached hydrogens (tertiary/aromatic N) is 2. The van der Waals surface area contributed by atoms with Crippen molar-refractivity contribution in [1.29, 1.82) is 0 Å². The van der Waals surface area contributed by atoms with E-state index in [4.69, 9.17) is 4.74 Å². The molecular formula is C22H29N3O2. The van der Waals surface area contributed by atoms with Gasteiger partial charge in [0.25, 0.3) is 0 Å². The SMILES string of the molecule is COCCN1CCN(C(=O)N[C@H](Cc2ccccc2)c2ccccc2)CC1. The Kier molecular flexibility index (Phi) is 7.25. The number of benzene rings is 2. The molecule has 2 aromatic carbocycles. The fraction of sp³-hybridized carbons (Fsp3) is 0.409. The van der Waals surface area contributed by atoms with Crippen molar-refractivity contribution in [3.8, 4) is 0 Å². The number of amides is 2. The lowest BCUT2D eigenvalue weighted by Gasteiger charge is -2.35. The van der Waals surface area contributed by atoms with Crippen LogP contribution in [0.4, 0.5) is 4.79 Å². The minimum Gasteiger partial charge on any atom is -0.383 e. The fourth-order valence-electron chi connectivity index (χ4n) is 3.42. The van der Waals surface area contributed by atoms with Crippen molar-refractivity contribution in [2.24, 2.45) is 0 Å². The molecular weight excluding hydrogens is 338 g/mol. The van der Waals surface area contributed by atoms with Crippen LogP contribution in [-0.2, 0) is 11.2 Å². The maximum atomic E-state index is 12.9. The predicted molar refractivity (Wildman–Crippen MR) is 108 cm³/mol. The lowest BCUT2D eigenvalue weighted by molar-refractivity contribution is 0.105. The van der Waals surface area contributed by atoms with Crippen LogP contribution in [0.15, 0.2) is 60.7 Å². The Balaban J connectivity index is 1.61. The zero-order chi connectivity index (χ0) is 18.9. The third-order valence-electron chi connectivity index (χ3n) is 5.05. The highest BCUT2D eigenvalue weighted by Gasteiger charge is 2.23. The van der Waals surface area contributed by atoms with Gasteiger partial charge in [0.15, 0.2) is 0 Å². The monoisotopic (exact) mass is 367 g/mol. The molecule has 1 aliphatic rings. The maximum absolute atomic E-state index is 12.9. The number of methoxy groups -OCH3 is 1. The van der Waals surface area contributed by atoms with Crippen molar-refractivity contribution < 1.29 is 9.53 Å². The molecule has 1 fully saturated rings. The second kappa shape index (κ2) is 10.1. The Morgan fingerprint density at radius 3 is 2.26 bits per heavy atom. The van der Waals surface area contributed by atoms with Crippen LogP contribution < -0.4 is 5.32 Å². The molecule has 1 N–H and O–H groups in total. The van der Waals surface area contributed by atoms with Gasteiger partial charge in [-0.15, -0.1) is 0 Å². The number of hydrogen-bond acceptors (Lipinski definition) is 3. The summed E-state index contributed by atoms with van der Waals surface area (Å²) in [6.45, 7) is 4.95. The number of carbonyl (C=O) groups is 1. The molecule has 0 saturated carbocycles. The van der Waals surface area contributed by atoms with E-state index >= 15 is 0 Å². The summed E-state index contributed by atoms with van der Waals surface area (Å²) in [5, 5.41) is 3.25. The summed E-state index contributed by atoms with van der Waals surface area (Å²) < 4.78 is 5.14. The maximum Gasteiger partial charge on any atom is 0.317 e. The largest absolute Gasteiger partial charge is 0.383 e. The van der Waals surface area contributed by atoms with Crippen LogP contribution in [0.1, 0.15) is 17.2 Å². The normalized spacial score (nSPS) is 16.1. The van der Waals surface area contributed by atoms with Crippen LogP contribution in [-0.4, -0.2) is 62.3 Å². The first-order valence-corrected chi connectivity index (χ1v) is 9.62. The van der Waals surface area contributed by atoms with Crippen LogP contribution in [0.5, 0.6) is 0 Å². The zero-order valence-electron chi connectivity index (χ0n) is 16.0. The van der Waals surface area contributed by atoms with Crippen molar-refractivity contribution in [2.75, 3.05) is 46.4 Å². The number of piperazine rings is 1. The number of carbonyl (C=O) groups excluding carboxylic acids is 1. The van der Waals surface area contributed by atoms with Crippen LogP contribution in [0.2, 0.25) is 0 Å². The predicted octanol–water partition coefficient (Wildman–Crippen LogP) is 2.94. The van der Waals surface area contributed by atoms with Gasteiger partial charge < -0.3 is 15.0 Å². The minimum atomic E-state index is -0.0346. The van der Waals surface area contributed by atoms with Gasteiger partial charge >= 0.3 is 6.03 Å². The van der Waals surface area contributed by atoms with Crippen molar-refractivity contribution in [3.63, 3.8) is 0 Å². The second-order valence-electron chi connectivity index (χ2n) is 6.92. The van der Waals surface area contributed by atoms with Crippen molar-refractivity contribution in [1.82, 2.24) is 15.1 Å². The molecule has 5 nitrogen and oxygen atoms in total. The van der Waals surface area contributed by atoms with E-state index in [1.807, 2.05) is 41.3 Å². The highest BCUT2D eigenvalue weighted by Crippen LogP contribution is 2.19. The topological polar surface area (TPSA) is 44.8 Å². The van der Waals surface area contributed by atoms with Crippen molar-refractivity contribution in [2.45, 2.75) is 12.5 Å². The molecule has 0 bridgehead atoms. The molecule has 27 heavy (non-hydrogen) atoms. The highest BCUT2D eigenvalue weighted by molar-refractivity contribution is 5.75. The molecule has 0 spiro atoms. The number of nitrogens with one attached hydrogen (secondary N) is 1. The summed E-state index contributed by atoms with van der Waals surface area (Å²) in [6, 6.07) is 20.5. The number of hydrogen-bond donors (Lipinski definition) is 1. The van der Waals surface area contributed by atoms with E-state index in [9.17, 15) is 4.79 Å². The van der Waals surface area contributed by atoms with E-state index < -0.39 is 0 Å². The number of ether oxygens (including phenoxy) is 1. The smallest absolute Gasteiger partial charge is 0.317 e. The fourth-order valence-corrected chi connectivity index (χ4v) is 3.42. The molecule has 2 aromatic rings. The first kappa shape index (κ1) is 19.4. The van der Waals surface area contributed by atoms with Gasteiger partial charge in [0.2, 0.25) is 0 Å². The lowest BCUT2D eigenvalue weighted by atomic mass is 9.99. The molecule has 1 aliphatic heterocycles. The van der Waals surface area contributed by atoms with E-state index in [0.717, 1.165) is 51.3 Å². The van der Waals surface area contributed by atoms with Gasteiger partial charge in [-0.1, -0.05) is 60.7 Å². The summed E-state index contributed by atoms with van der Waals surface area (Å²) in [7, 11) is 1.72. The molecule has 0 radical (unpaired) electrons. The van der Waals surface area contributed by atoms with Crippen LogP contribution >= 0.6 is 0 Å². The van der Waals surface area contributed by atoms with E-state index in [1.54, 1.807) is 7.11 Å². The second-order valence-corrected chi connectivity index (χ2v) is 6.92. The van der Waals surface area contributed by atoms with Gasteiger partial charge in [-0.2, -0.15) is 0 Å². The summed E-state index contributed by atoms with van der Waals surface area (Å²) in [5.41, 5.74) is 2.35. The molecule has 0 aromatic heterocycles. The Hall–Kier alpha value is -2.37. The van der Waals surface area contributed by atoms with Gasteiger partial charge in [0.1, 0.15) is 0 Å². The van der Waals surface area contributed by atoms with E-state index in [-0.39, 0.29) is 12.1 Å². The first-order valence-electron chi connectivity index (χ1n) is 9.62. The molecule has 5 heteroatoms. The van der Waals surface area contributed by atoms with E-state index in [1.165, 1.54) is 5.56 Å². The van der Waals surface area contributed by atoms with Crippen molar-refractivity contribution in [3.05, 3.63) is 71.8 Å². The summed E-state index contributed by atoms with van der Waals surface area (Å²) >= 11 is 0. The third kappa shape index (κ3) is 5.81. The highest BCUT2D eigenvalue weighted by atomic mass is 16.5. The third-order valence-corrected chi connectivity index (χ3v) is 5.05. The van der Waals surface area contributed by atoms with Gasteiger partial charge in [0, 0.05) is 39.8 Å². The molecule has 1 atom stereocenters. The van der Waals surface area contributed by atoms with Gasteiger partial charge in [0.05, 0.1) is 12.6 Å². The van der Waals surface area contributed by atoms with Crippen LogP contribution in [0, 0.1) is 0 Å². The van der Waals surface area contributed by atoms with Crippen LogP contribution in [0.25, 0.3) is 0 Å². The molecule has 1 saturated heterocycles. The molecule has 0 aliphatic carbocycles. The molecule has 1 heterocycles. The summed E-state index contributed by atoms with van der Waals surface area (Å²) in [6.07, 6.45) is 0.782. The van der Waals surface area contributed by atoms with E-state index in [0.29, 0.717) is 0 Å². The Labute approximate surface area is 161 Å². The number of urea groups is 1. The average molecular weight is 367 g/mol. The standard InChI is InChI=1S/C22H29N3O2/c1-27-17-16-24-12-14-25(15-13-24)22(26)23-21(20-10-6-3-7-11-20)18-19-8-4-2-5-9-19/h2-11,21H,12-18H2,1H3,(H,23,26)/t21-/m1/s1. The zero-order valence-corrected chi connectivity index (χ0v) is 16.0. The first-order chi connectivity index (χ1) is 13.3. The Morgan fingerprint density at radius 2 is 1.63 bits per heavy atom. The minimum absolute atomic E-state index is 0.0196. The van der Waals surface area contributed by atoms with Crippen LogP contribution in [0.3, 0.4) is 0 Å². The molecule has 144 valence electrons. The lowest BCUT2D eigenvalue weighted by Crippen LogP contribution is -2.52. The quantitative estimate of drug-likeness (QED) is 0.818. The Bertz CT molecular complexity index is 685. The van der Waals surface area contributed by atoms with Gasteiger partial charge in [-0.25, -0.2) is 4.79 Å². The van der Waals surface area contributed by atoms with E-state index in [2.05, 4.69) is 34.5 Å². The van der Waals surface area contributed by atoms with Gasteiger partial charge in [-0.3, -0.25) is 4.90 Å². The van der Waals surface area contributed by atoms with Gasteiger partial charge in [-0.05, 0) is 17.5 Å². The summed E-state index contributed by atoms with van der Waals surface area (Å²) in [5.74, 6) is 0. The summed E-state index contributed by atoms with van der Waals surface area (Å²) in [4.78, 5) is 17.1. The average Bonchev–Trinajstić information content (AvgIpc) is 2.73.